The minimum Gasteiger partial charge on any atom is -0.497 e. The molecule has 1 saturated heterocycles. The highest BCUT2D eigenvalue weighted by Crippen LogP contribution is 2.35. The number of benzene rings is 2. The largest absolute Gasteiger partial charge is 0.497 e. The summed E-state index contributed by atoms with van der Waals surface area (Å²) in [5, 5.41) is 7.34. The molecule has 0 saturated carbocycles. The predicted octanol–water partition coefficient (Wildman–Crippen LogP) is 3.20. The van der Waals surface area contributed by atoms with Gasteiger partial charge in [0.1, 0.15) is 17.4 Å². The maximum Gasteiger partial charge on any atom is 0.291 e. The van der Waals surface area contributed by atoms with Crippen molar-refractivity contribution in [3.63, 3.8) is 0 Å². The Bertz CT molecular complexity index is 1040. The molecule has 1 aromatic heterocycles. The van der Waals surface area contributed by atoms with E-state index >= 15 is 0 Å². The highest BCUT2D eigenvalue weighted by Gasteiger charge is 2.35. The number of nitrogens with zero attached hydrogens (tertiary/aromatic N) is 3. The zero-order valence-corrected chi connectivity index (χ0v) is 17.6. The van der Waals surface area contributed by atoms with E-state index in [-0.39, 0.29) is 23.0 Å². The minimum atomic E-state index is -0.344. The minimum absolute atomic E-state index is 0.0822. The summed E-state index contributed by atoms with van der Waals surface area (Å²) < 4.78 is 25.6. The fourth-order valence-electron chi connectivity index (χ4n) is 3.92. The van der Waals surface area contributed by atoms with Crippen molar-refractivity contribution >= 4 is 5.91 Å². The number of carbonyl (C=O) groups is 1. The van der Waals surface area contributed by atoms with Crippen molar-refractivity contribution in [2.24, 2.45) is 0 Å². The van der Waals surface area contributed by atoms with Gasteiger partial charge in [-0.15, -0.1) is 5.10 Å². The molecule has 0 radical (unpaired) electrons. The summed E-state index contributed by atoms with van der Waals surface area (Å²) >= 11 is 0. The van der Waals surface area contributed by atoms with E-state index < -0.39 is 0 Å². The Labute approximate surface area is 180 Å². The second kappa shape index (κ2) is 8.85. The Morgan fingerprint density at radius 1 is 1.16 bits per heavy atom. The molecule has 162 valence electrons. The molecule has 1 aliphatic heterocycles. The molecule has 1 amide bonds. The van der Waals surface area contributed by atoms with Crippen LogP contribution in [-0.2, 0) is 10.2 Å². The van der Waals surface area contributed by atoms with E-state index in [9.17, 15) is 9.18 Å². The molecule has 0 spiro atoms. The first-order valence-electron chi connectivity index (χ1n) is 10.2. The van der Waals surface area contributed by atoms with Crippen LogP contribution < -0.4 is 10.1 Å². The van der Waals surface area contributed by atoms with Gasteiger partial charge in [-0.05, 0) is 61.7 Å². The van der Waals surface area contributed by atoms with Crippen LogP contribution in [0.15, 0.2) is 48.5 Å². The smallest absolute Gasteiger partial charge is 0.291 e. The van der Waals surface area contributed by atoms with E-state index in [0.717, 1.165) is 24.2 Å². The normalized spacial score (nSPS) is 15.5. The van der Waals surface area contributed by atoms with Gasteiger partial charge in [-0.2, -0.15) is 0 Å². The molecule has 31 heavy (non-hydrogen) atoms. The maximum atomic E-state index is 13.2. The van der Waals surface area contributed by atoms with E-state index in [1.54, 1.807) is 26.2 Å². The standard InChI is InChI=1S/C23H25FN4O3/c1-16-26-21(27-28(16)19-7-5-18(24)6-8-19)22(29)25-15-23(11-13-31-14-12-23)17-3-9-20(30-2)10-4-17/h3-10H,11-15H2,1-2H3,(H,25,29). The quantitative estimate of drug-likeness (QED) is 0.658. The number of nitrogens with one attached hydrogen (secondary N) is 1. The predicted molar refractivity (Wildman–Crippen MR) is 113 cm³/mol. The number of halogens is 1. The number of aryl methyl sites for hydroxylation is 1. The number of hydrogen-bond acceptors (Lipinski definition) is 5. The molecule has 4 rings (SSSR count). The number of carbonyl (C=O) groups excluding carboxylic acids is 1. The Hall–Kier alpha value is -3.26. The first-order chi connectivity index (χ1) is 15.0. The van der Waals surface area contributed by atoms with Crippen LogP contribution >= 0.6 is 0 Å². The van der Waals surface area contributed by atoms with Gasteiger partial charge in [-0.25, -0.2) is 14.1 Å². The van der Waals surface area contributed by atoms with Crippen LogP contribution in [0.4, 0.5) is 4.39 Å². The molecular formula is C23H25FN4O3. The van der Waals surface area contributed by atoms with Crippen molar-refractivity contribution in [2.45, 2.75) is 25.2 Å². The highest BCUT2D eigenvalue weighted by molar-refractivity contribution is 5.90. The fraction of sp³-hybridized carbons (Fsp3) is 0.348. The van der Waals surface area contributed by atoms with E-state index in [4.69, 9.17) is 9.47 Å². The molecule has 0 aliphatic carbocycles. The van der Waals surface area contributed by atoms with Gasteiger partial charge in [0.15, 0.2) is 0 Å². The molecule has 0 unspecified atom stereocenters. The molecule has 1 aliphatic rings. The van der Waals surface area contributed by atoms with Crippen molar-refractivity contribution in [3.05, 3.63) is 71.6 Å². The molecule has 1 N–H and O–H groups in total. The third kappa shape index (κ3) is 4.44. The van der Waals surface area contributed by atoms with Crippen molar-refractivity contribution in [1.29, 1.82) is 0 Å². The van der Waals surface area contributed by atoms with E-state index in [1.807, 2.05) is 24.3 Å². The van der Waals surface area contributed by atoms with Gasteiger partial charge < -0.3 is 14.8 Å². The lowest BCUT2D eigenvalue weighted by atomic mass is 9.74. The summed E-state index contributed by atoms with van der Waals surface area (Å²) in [5.74, 6) is 0.746. The molecule has 2 heterocycles. The van der Waals surface area contributed by atoms with Gasteiger partial charge in [-0.1, -0.05) is 12.1 Å². The van der Waals surface area contributed by atoms with Crippen LogP contribution in [0.25, 0.3) is 5.69 Å². The van der Waals surface area contributed by atoms with Gasteiger partial charge in [-0.3, -0.25) is 4.79 Å². The molecular weight excluding hydrogens is 399 g/mol. The number of methoxy groups -OCH3 is 1. The Morgan fingerprint density at radius 2 is 1.84 bits per heavy atom. The van der Waals surface area contributed by atoms with Gasteiger partial charge in [0.25, 0.3) is 5.91 Å². The third-order valence-electron chi connectivity index (χ3n) is 5.78. The third-order valence-corrected chi connectivity index (χ3v) is 5.78. The van der Waals surface area contributed by atoms with Crippen LogP contribution in [-0.4, -0.2) is 47.5 Å². The summed E-state index contributed by atoms with van der Waals surface area (Å²) in [6, 6.07) is 13.8. The van der Waals surface area contributed by atoms with Gasteiger partial charge in [0.2, 0.25) is 5.82 Å². The average molecular weight is 424 g/mol. The van der Waals surface area contributed by atoms with Crippen LogP contribution in [0.5, 0.6) is 5.75 Å². The Kier molecular flexibility index (Phi) is 5.99. The second-order valence-electron chi connectivity index (χ2n) is 7.67. The Morgan fingerprint density at radius 3 is 2.48 bits per heavy atom. The first-order valence-corrected chi connectivity index (χ1v) is 10.2. The molecule has 3 aromatic rings. The van der Waals surface area contributed by atoms with E-state index in [2.05, 4.69) is 15.4 Å². The fourth-order valence-corrected chi connectivity index (χ4v) is 3.92. The molecule has 2 aromatic carbocycles. The number of amides is 1. The number of hydrogen-bond donors (Lipinski definition) is 1. The number of ether oxygens (including phenoxy) is 2. The SMILES string of the molecule is COc1ccc(C2(CNC(=O)c3nc(C)n(-c4ccc(F)cc4)n3)CCOCC2)cc1. The summed E-state index contributed by atoms with van der Waals surface area (Å²) in [7, 11) is 1.64. The zero-order valence-electron chi connectivity index (χ0n) is 17.6. The highest BCUT2D eigenvalue weighted by atomic mass is 19.1. The van der Waals surface area contributed by atoms with E-state index in [0.29, 0.717) is 31.3 Å². The summed E-state index contributed by atoms with van der Waals surface area (Å²) in [6.07, 6.45) is 1.60. The maximum absolute atomic E-state index is 13.2. The molecule has 1 fully saturated rings. The van der Waals surface area contributed by atoms with Gasteiger partial charge in [0.05, 0.1) is 12.8 Å². The first kappa shape index (κ1) is 21.0. The summed E-state index contributed by atoms with van der Waals surface area (Å²) in [6.45, 7) is 3.48. The van der Waals surface area contributed by atoms with Crippen molar-refractivity contribution in [2.75, 3.05) is 26.9 Å². The van der Waals surface area contributed by atoms with E-state index in [1.165, 1.54) is 16.8 Å². The summed E-state index contributed by atoms with van der Waals surface area (Å²) in [5.41, 5.74) is 1.55. The van der Waals surface area contributed by atoms with Crippen molar-refractivity contribution < 1.29 is 18.7 Å². The second-order valence-corrected chi connectivity index (χ2v) is 7.67. The Balaban J connectivity index is 1.52. The van der Waals surface area contributed by atoms with Crippen LogP contribution in [0, 0.1) is 12.7 Å². The van der Waals surface area contributed by atoms with Crippen LogP contribution in [0.1, 0.15) is 34.8 Å². The number of aromatic nitrogens is 3. The summed E-state index contributed by atoms with van der Waals surface area (Å²) in [4.78, 5) is 17.1. The molecule has 0 bridgehead atoms. The van der Waals surface area contributed by atoms with Gasteiger partial charge >= 0.3 is 0 Å². The lowest BCUT2D eigenvalue weighted by Crippen LogP contribution is -2.44. The lowest BCUT2D eigenvalue weighted by Gasteiger charge is -2.37. The van der Waals surface area contributed by atoms with Crippen molar-refractivity contribution in [1.82, 2.24) is 20.1 Å². The van der Waals surface area contributed by atoms with Crippen LogP contribution in [0.3, 0.4) is 0 Å². The zero-order chi connectivity index (χ0) is 21.8. The topological polar surface area (TPSA) is 78.3 Å². The number of rotatable bonds is 6. The average Bonchev–Trinajstić information content (AvgIpc) is 3.20. The molecule has 8 heteroatoms. The van der Waals surface area contributed by atoms with Crippen LogP contribution in [0.2, 0.25) is 0 Å². The van der Waals surface area contributed by atoms with Crippen molar-refractivity contribution in [3.8, 4) is 11.4 Å². The molecule has 7 nitrogen and oxygen atoms in total. The molecule has 0 atom stereocenters. The van der Waals surface area contributed by atoms with Gasteiger partial charge in [0, 0.05) is 25.2 Å². The monoisotopic (exact) mass is 424 g/mol. The lowest BCUT2D eigenvalue weighted by molar-refractivity contribution is 0.0486.